The fourth-order valence-electron chi connectivity index (χ4n) is 0.766. The van der Waals surface area contributed by atoms with E-state index in [9.17, 15) is 0 Å². The van der Waals surface area contributed by atoms with Crippen LogP contribution in [0.25, 0.3) is 0 Å². The van der Waals surface area contributed by atoms with Gasteiger partial charge in [-0.05, 0) is 0 Å². The summed E-state index contributed by atoms with van der Waals surface area (Å²) in [5.41, 5.74) is 0.448. The van der Waals surface area contributed by atoms with E-state index >= 15 is 0 Å². The smallest absolute Gasteiger partial charge is 0.211 e. The number of hydrogen-bond donors (Lipinski definition) is 1. The molecule has 58 valence electrons. The van der Waals surface area contributed by atoms with E-state index in [1.165, 1.54) is 14.2 Å². The van der Waals surface area contributed by atoms with Crippen molar-refractivity contribution in [3.63, 3.8) is 0 Å². The number of rotatable bonds is 2. The lowest BCUT2D eigenvalue weighted by molar-refractivity contribution is 0.374. The molecule has 0 saturated heterocycles. The molecular formula is C7H8N2O2. The summed E-state index contributed by atoms with van der Waals surface area (Å²) in [5.74, 6) is 0.961. The summed E-state index contributed by atoms with van der Waals surface area (Å²) in [6, 6.07) is 3.55. The van der Waals surface area contributed by atoms with Gasteiger partial charge in [-0.1, -0.05) is 0 Å². The molecule has 11 heavy (non-hydrogen) atoms. The molecule has 0 saturated carbocycles. The minimum absolute atomic E-state index is 0.435. The number of H-pyrrole nitrogens is 1. The van der Waals surface area contributed by atoms with Gasteiger partial charge < -0.3 is 9.47 Å². The largest absolute Gasteiger partial charge is 0.482 e. The van der Waals surface area contributed by atoms with Crippen molar-refractivity contribution >= 4 is 0 Å². The van der Waals surface area contributed by atoms with Crippen molar-refractivity contribution in [1.29, 1.82) is 5.26 Å². The second-order valence-electron chi connectivity index (χ2n) is 1.90. The average molecular weight is 152 g/mol. The van der Waals surface area contributed by atoms with Crippen LogP contribution in [0.5, 0.6) is 11.8 Å². The Hall–Kier alpha value is -1.63. The van der Waals surface area contributed by atoms with Crippen LogP contribution in [-0.4, -0.2) is 19.2 Å². The summed E-state index contributed by atoms with van der Waals surface area (Å²) in [4.78, 5) is 2.77. The van der Waals surface area contributed by atoms with Crippen molar-refractivity contribution in [2.24, 2.45) is 0 Å². The summed E-state index contributed by atoms with van der Waals surface area (Å²) >= 11 is 0. The van der Waals surface area contributed by atoms with E-state index in [0.29, 0.717) is 17.3 Å². The van der Waals surface area contributed by atoms with Gasteiger partial charge in [0.25, 0.3) is 0 Å². The van der Waals surface area contributed by atoms with Gasteiger partial charge in [0.15, 0.2) is 5.88 Å². The highest BCUT2D eigenvalue weighted by atomic mass is 16.5. The summed E-state index contributed by atoms with van der Waals surface area (Å²) in [6.07, 6.45) is 0. The fraction of sp³-hybridized carbons (Fsp3) is 0.286. The molecule has 1 rings (SSSR count). The molecule has 0 radical (unpaired) electrons. The molecule has 0 amide bonds. The van der Waals surface area contributed by atoms with Gasteiger partial charge in [0.05, 0.1) is 14.2 Å². The first-order valence-corrected chi connectivity index (χ1v) is 3.03. The van der Waals surface area contributed by atoms with Gasteiger partial charge >= 0.3 is 0 Å². The maximum absolute atomic E-state index is 8.55. The lowest BCUT2D eigenvalue weighted by Crippen LogP contribution is -1.85. The van der Waals surface area contributed by atoms with Crippen LogP contribution in [0.4, 0.5) is 0 Å². The molecule has 4 nitrogen and oxygen atoms in total. The first kappa shape index (κ1) is 7.48. The third-order valence-electron chi connectivity index (χ3n) is 1.30. The van der Waals surface area contributed by atoms with Crippen molar-refractivity contribution in [2.75, 3.05) is 14.2 Å². The average Bonchev–Trinajstić information content (AvgIpc) is 2.46. The Labute approximate surface area is 64.4 Å². The topological polar surface area (TPSA) is 58.0 Å². The highest BCUT2D eigenvalue weighted by Crippen LogP contribution is 2.21. The van der Waals surface area contributed by atoms with Crippen LogP contribution in [0.2, 0.25) is 0 Å². The molecule has 1 aromatic rings. The van der Waals surface area contributed by atoms with Gasteiger partial charge in [-0.15, -0.1) is 0 Å². The molecule has 0 spiro atoms. The zero-order valence-electron chi connectivity index (χ0n) is 6.34. The predicted molar refractivity (Wildman–Crippen MR) is 38.6 cm³/mol. The summed E-state index contributed by atoms with van der Waals surface area (Å²) in [6.45, 7) is 0. The van der Waals surface area contributed by atoms with Crippen molar-refractivity contribution in [2.45, 2.75) is 0 Å². The summed E-state index contributed by atoms with van der Waals surface area (Å²) in [7, 11) is 3.01. The number of ether oxygens (including phenoxy) is 2. The molecule has 0 atom stereocenters. The third-order valence-corrected chi connectivity index (χ3v) is 1.30. The number of nitrogens with one attached hydrogen (secondary N) is 1. The van der Waals surface area contributed by atoms with Gasteiger partial charge in [0.2, 0.25) is 5.88 Å². The van der Waals surface area contributed by atoms with E-state index in [1.807, 2.05) is 6.07 Å². The van der Waals surface area contributed by atoms with Crippen LogP contribution in [0.1, 0.15) is 5.56 Å². The number of methoxy groups -OCH3 is 2. The van der Waals surface area contributed by atoms with Crippen LogP contribution < -0.4 is 9.47 Å². The Morgan fingerprint density at radius 3 is 2.55 bits per heavy atom. The third kappa shape index (κ3) is 1.27. The normalized spacial score (nSPS) is 8.82. The molecule has 0 aliphatic carbocycles. The highest BCUT2D eigenvalue weighted by molar-refractivity contribution is 5.43. The van der Waals surface area contributed by atoms with Gasteiger partial charge in [-0.2, -0.15) is 5.26 Å². The monoisotopic (exact) mass is 152 g/mol. The van der Waals surface area contributed by atoms with Gasteiger partial charge in [0, 0.05) is 6.07 Å². The molecular weight excluding hydrogens is 144 g/mol. The lowest BCUT2D eigenvalue weighted by Gasteiger charge is -1.93. The Morgan fingerprint density at radius 1 is 1.45 bits per heavy atom. The zero-order valence-corrected chi connectivity index (χ0v) is 6.34. The van der Waals surface area contributed by atoms with E-state index < -0.39 is 0 Å². The van der Waals surface area contributed by atoms with Crippen LogP contribution in [0, 0.1) is 11.3 Å². The van der Waals surface area contributed by atoms with E-state index in [0.717, 1.165) is 0 Å². The molecule has 0 aliphatic rings. The van der Waals surface area contributed by atoms with Crippen molar-refractivity contribution in [3.05, 3.63) is 11.6 Å². The SMILES string of the molecule is COc1cc(C#N)c(OC)[nH]1. The van der Waals surface area contributed by atoms with Crippen LogP contribution in [-0.2, 0) is 0 Å². The molecule has 1 N–H and O–H groups in total. The van der Waals surface area contributed by atoms with Crippen LogP contribution in [0.15, 0.2) is 6.07 Å². The number of nitriles is 1. The van der Waals surface area contributed by atoms with Gasteiger partial charge in [-0.25, -0.2) is 0 Å². The maximum atomic E-state index is 8.55. The van der Waals surface area contributed by atoms with Gasteiger partial charge in [0.1, 0.15) is 11.6 Å². The highest BCUT2D eigenvalue weighted by Gasteiger charge is 2.06. The zero-order chi connectivity index (χ0) is 8.27. The fourth-order valence-corrected chi connectivity index (χ4v) is 0.766. The Morgan fingerprint density at radius 2 is 2.18 bits per heavy atom. The number of aromatic nitrogens is 1. The molecule has 0 aromatic carbocycles. The Bertz CT molecular complexity index is 285. The first-order chi connectivity index (χ1) is 5.31. The summed E-state index contributed by atoms with van der Waals surface area (Å²) in [5, 5.41) is 8.55. The molecule has 0 aliphatic heterocycles. The van der Waals surface area contributed by atoms with Crippen LogP contribution in [0.3, 0.4) is 0 Å². The summed E-state index contributed by atoms with van der Waals surface area (Å²) < 4.78 is 9.71. The maximum Gasteiger partial charge on any atom is 0.211 e. The number of hydrogen-bond acceptors (Lipinski definition) is 3. The van der Waals surface area contributed by atoms with Crippen molar-refractivity contribution < 1.29 is 9.47 Å². The molecule has 1 aromatic heterocycles. The van der Waals surface area contributed by atoms with Crippen molar-refractivity contribution in [1.82, 2.24) is 4.98 Å². The number of nitrogens with zero attached hydrogens (tertiary/aromatic N) is 1. The minimum atomic E-state index is 0.435. The minimum Gasteiger partial charge on any atom is -0.482 e. The molecule has 0 bridgehead atoms. The molecule has 0 fully saturated rings. The molecule has 1 heterocycles. The van der Waals surface area contributed by atoms with E-state index in [1.54, 1.807) is 6.07 Å². The first-order valence-electron chi connectivity index (χ1n) is 3.03. The standard InChI is InChI=1S/C7H8N2O2/c1-10-6-3-5(4-8)7(9-6)11-2/h3,9H,1-2H3. The Balaban J connectivity index is 3.05. The van der Waals surface area contributed by atoms with E-state index in [4.69, 9.17) is 14.7 Å². The van der Waals surface area contributed by atoms with Gasteiger partial charge in [-0.3, -0.25) is 4.98 Å². The Kier molecular flexibility index (Phi) is 2.02. The van der Waals surface area contributed by atoms with E-state index in [-0.39, 0.29) is 0 Å². The quantitative estimate of drug-likeness (QED) is 0.685. The molecule has 4 heteroatoms. The van der Waals surface area contributed by atoms with Crippen molar-refractivity contribution in [3.8, 4) is 17.8 Å². The predicted octanol–water partition coefficient (Wildman–Crippen LogP) is 0.904. The number of aromatic amines is 1. The second kappa shape index (κ2) is 2.97. The van der Waals surface area contributed by atoms with Crippen LogP contribution >= 0.6 is 0 Å². The molecule has 0 unspecified atom stereocenters. The van der Waals surface area contributed by atoms with E-state index in [2.05, 4.69) is 4.98 Å². The second-order valence-corrected chi connectivity index (χ2v) is 1.90. The lowest BCUT2D eigenvalue weighted by atomic mass is 10.4.